The number of benzene rings is 2. The SMILES string of the molecule is CCOc1ccc(C=O)cc1NC(=O)Nc1ccccc1. The number of rotatable bonds is 5. The van der Waals surface area contributed by atoms with E-state index in [1.54, 1.807) is 30.3 Å². The second-order valence-electron chi connectivity index (χ2n) is 4.25. The summed E-state index contributed by atoms with van der Waals surface area (Å²) in [5.41, 5.74) is 1.60. The van der Waals surface area contributed by atoms with E-state index < -0.39 is 6.03 Å². The highest BCUT2D eigenvalue weighted by molar-refractivity contribution is 6.01. The highest BCUT2D eigenvalue weighted by atomic mass is 16.5. The molecule has 0 bridgehead atoms. The minimum atomic E-state index is -0.398. The van der Waals surface area contributed by atoms with E-state index >= 15 is 0 Å². The van der Waals surface area contributed by atoms with Gasteiger partial charge >= 0.3 is 6.03 Å². The Morgan fingerprint density at radius 3 is 2.57 bits per heavy atom. The van der Waals surface area contributed by atoms with Crippen molar-refractivity contribution < 1.29 is 14.3 Å². The van der Waals surface area contributed by atoms with Crippen molar-refractivity contribution in [3.63, 3.8) is 0 Å². The van der Waals surface area contributed by atoms with Crippen LogP contribution in [0.4, 0.5) is 16.2 Å². The molecule has 2 rings (SSSR count). The molecule has 0 fully saturated rings. The van der Waals surface area contributed by atoms with Gasteiger partial charge < -0.3 is 15.4 Å². The summed E-state index contributed by atoms with van der Waals surface area (Å²) in [6.45, 7) is 2.32. The van der Waals surface area contributed by atoms with Crippen LogP contribution >= 0.6 is 0 Å². The monoisotopic (exact) mass is 284 g/mol. The maximum atomic E-state index is 12.0. The van der Waals surface area contributed by atoms with Gasteiger partial charge in [-0.3, -0.25) is 4.79 Å². The van der Waals surface area contributed by atoms with Crippen LogP contribution < -0.4 is 15.4 Å². The smallest absolute Gasteiger partial charge is 0.323 e. The highest BCUT2D eigenvalue weighted by Gasteiger charge is 2.09. The van der Waals surface area contributed by atoms with Crippen LogP contribution in [-0.2, 0) is 0 Å². The largest absolute Gasteiger partial charge is 0.492 e. The number of nitrogens with one attached hydrogen (secondary N) is 2. The fraction of sp³-hybridized carbons (Fsp3) is 0.125. The third-order valence-electron chi connectivity index (χ3n) is 2.72. The Labute approximate surface area is 122 Å². The minimum Gasteiger partial charge on any atom is -0.492 e. The van der Waals surface area contributed by atoms with Crippen molar-refractivity contribution in [3.8, 4) is 5.75 Å². The Balaban J connectivity index is 2.13. The van der Waals surface area contributed by atoms with E-state index in [1.807, 2.05) is 25.1 Å². The number of para-hydroxylation sites is 1. The number of urea groups is 1. The lowest BCUT2D eigenvalue weighted by atomic mass is 10.2. The molecule has 2 amide bonds. The molecule has 5 heteroatoms. The average molecular weight is 284 g/mol. The Bertz CT molecular complexity index is 627. The van der Waals surface area contributed by atoms with Crippen LogP contribution in [0.1, 0.15) is 17.3 Å². The predicted octanol–water partition coefficient (Wildman–Crippen LogP) is 3.54. The number of hydrogen-bond acceptors (Lipinski definition) is 3. The zero-order valence-corrected chi connectivity index (χ0v) is 11.6. The van der Waals surface area contributed by atoms with E-state index in [4.69, 9.17) is 4.74 Å². The molecule has 0 aliphatic rings. The number of amides is 2. The average Bonchev–Trinajstić information content (AvgIpc) is 2.50. The molecule has 0 aromatic heterocycles. The molecule has 0 aliphatic heterocycles. The van der Waals surface area contributed by atoms with Gasteiger partial charge in [0.25, 0.3) is 0 Å². The molecule has 0 unspecified atom stereocenters. The third kappa shape index (κ3) is 4.07. The summed E-state index contributed by atoms with van der Waals surface area (Å²) in [6, 6.07) is 13.6. The molecule has 0 heterocycles. The van der Waals surface area contributed by atoms with E-state index in [1.165, 1.54) is 0 Å². The van der Waals surface area contributed by atoms with Gasteiger partial charge in [0.2, 0.25) is 0 Å². The molecule has 0 atom stereocenters. The summed E-state index contributed by atoms with van der Waals surface area (Å²) in [6.07, 6.45) is 0.718. The van der Waals surface area contributed by atoms with Crippen molar-refractivity contribution >= 4 is 23.7 Å². The summed E-state index contributed by atoms with van der Waals surface area (Å²) < 4.78 is 5.43. The zero-order valence-electron chi connectivity index (χ0n) is 11.6. The minimum absolute atomic E-state index is 0.398. The molecule has 2 N–H and O–H groups in total. The normalized spacial score (nSPS) is 9.76. The summed E-state index contributed by atoms with van der Waals surface area (Å²) in [7, 11) is 0. The summed E-state index contributed by atoms with van der Waals surface area (Å²) in [4.78, 5) is 22.8. The Morgan fingerprint density at radius 1 is 1.14 bits per heavy atom. The summed E-state index contributed by atoms with van der Waals surface area (Å²) in [5.74, 6) is 0.520. The number of carbonyl (C=O) groups excluding carboxylic acids is 2. The van der Waals surface area contributed by atoms with E-state index in [-0.39, 0.29) is 0 Å². The van der Waals surface area contributed by atoms with Gasteiger partial charge in [-0.25, -0.2) is 4.79 Å². The molecular formula is C16H16N2O3. The maximum Gasteiger partial charge on any atom is 0.323 e. The first-order valence-electron chi connectivity index (χ1n) is 6.58. The molecule has 21 heavy (non-hydrogen) atoms. The van der Waals surface area contributed by atoms with E-state index in [2.05, 4.69) is 10.6 Å². The van der Waals surface area contributed by atoms with Crippen LogP contribution in [0, 0.1) is 0 Å². The number of ether oxygens (including phenoxy) is 1. The van der Waals surface area contributed by atoms with Gasteiger partial charge in [-0.1, -0.05) is 18.2 Å². The lowest BCUT2D eigenvalue weighted by Crippen LogP contribution is -2.20. The van der Waals surface area contributed by atoms with Crippen LogP contribution in [0.5, 0.6) is 5.75 Å². The summed E-state index contributed by atoms with van der Waals surface area (Å²) in [5, 5.41) is 5.39. The third-order valence-corrected chi connectivity index (χ3v) is 2.72. The van der Waals surface area contributed by atoms with Crippen molar-refractivity contribution in [2.75, 3.05) is 17.2 Å². The Kier molecular flexibility index (Phi) is 4.93. The molecule has 0 radical (unpaired) electrons. The Morgan fingerprint density at radius 2 is 1.90 bits per heavy atom. The molecule has 0 saturated heterocycles. The molecule has 2 aromatic rings. The second-order valence-corrected chi connectivity index (χ2v) is 4.25. The molecule has 108 valence electrons. The van der Waals surface area contributed by atoms with Crippen molar-refractivity contribution in [1.29, 1.82) is 0 Å². The van der Waals surface area contributed by atoms with Gasteiger partial charge in [0.05, 0.1) is 12.3 Å². The van der Waals surface area contributed by atoms with E-state index in [9.17, 15) is 9.59 Å². The predicted molar refractivity (Wildman–Crippen MR) is 82.1 cm³/mol. The van der Waals surface area contributed by atoms with E-state index in [0.717, 1.165) is 6.29 Å². The first-order valence-corrected chi connectivity index (χ1v) is 6.58. The first-order chi connectivity index (χ1) is 10.2. The van der Waals surface area contributed by atoms with Crippen LogP contribution in [0.15, 0.2) is 48.5 Å². The van der Waals surface area contributed by atoms with Crippen LogP contribution in [0.25, 0.3) is 0 Å². The lowest BCUT2D eigenvalue weighted by molar-refractivity contribution is 0.112. The van der Waals surface area contributed by atoms with Crippen molar-refractivity contribution in [1.82, 2.24) is 0 Å². The van der Waals surface area contributed by atoms with Crippen LogP contribution in [-0.4, -0.2) is 18.9 Å². The fourth-order valence-electron chi connectivity index (χ4n) is 1.81. The maximum absolute atomic E-state index is 12.0. The molecular weight excluding hydrogens is 268 g/mol. The quantitative estimate of drug-likeness (QED) is 0.825. The lowest BCUT2D eigenvalue weighted by Gasteiger charge is -2.12. The highest BCUT2D eigenvalue weighted by Crippen LogP contribution is 2.25. The molecule has 5 nitrogen and oxygen atoms in total. The number of aldehydes is 1. The standard InChI is InChI=1S/C16H16N2O3/c1-2-21-15-9-8-12(11-19)10-14(15)18-16(20)17-13-6-4-3-5-7-13/h3-11H,2H2,1H3,(H2,17,18,20). The fourth-order valence-corrected chi connectivity index (χ4v) is 1.81. The first kappa shape index (κ1) is 14.6. The number of anilines is 2. The van der Waals surface area contributed by atoms with Gasteiger partial charge in [-0.15, -0.1) is 0 Å². The molecule has 2 aromatic carbocycles. The summed E-state index contributed by atoms with van der Waals surface area (Å²) >= 11 is 0. The van der Waals surface area contributed by atoms with Gasteiger partial charge in [-0.05, 0) is 37.3 Å². The second kappa shape index (κ2) is 7.09. The van der Waals surface area contributed by atoms with Gasteiger partial charge in [0, 0.05) is 11.3 Å². The topological polar surface area (TPSA) is 67.4 Å². The number of hydrogen-bond donors (Lipinski definition) is 2. The van der Waals surface area contributed by atoms with Crippen LogP contribution in [0.3, 0.4) is 0 Å². The zero-order chi connectivity index (χ0) is 15.1. The van der Waals surface area contributed by atoms with Crippen LogP contribution in [0.2, 0.25) is 0 Å². The van der Waals surface area contributed by atoms with Crippen molar-refractivity contribution in [2.45, 2.75) is 6.92 Å². The van der Waals surface area contributed by atoms with E-state index in [0.29, 0.717) is 29.3 Å². The van der Waals surface area contributed by atoms with Crippen molar-refractivity contribution in [3.05, 3.63) is 54.1 Å². The molecule has 0 aliphatic carbocycles. The van der Waals surface area contributed by atoms with Crippen molar-refractivity contribution in [2.24, 2.45) is 0 Å². The molecule has 0 saturated carbocycles. The molecule has 0 spiro atoms. The van der Waals surface area contributed by atoms with Gasteiger partial charge in [0.1, 0.15) is 12.0 Å². The Hall–Kier alpha value is -2.82. The van der Waals surface area contributed by atoms with Gasteiger partial charge in [0.15, 0.2) is 0 Å². The van der Waals surface area contributed by atoms with Gasteiger partial charge in [-0.2, -0.15) is 0 Å². The number of carbonyl (C=O) groups is 2.